The molecule has 0 radical (unpaired) electrons. The minimum Gasteiger partial charge on any atom is -0.465 e. The first-order chi connectivity index (χ1) is 12.9. The smallest absolute Gasteiger partial charge is 0.407 e. The second-order valence-electron chi connectivity index (χ2n) is 8.65. The van der Waals surface area contributed by atoms with Crippen molar-refractivity contribution in [1.82, 2.24) is 9.88 Å². The van der Waals surface area contributed by atoms with Gasteiger partial charge in [0.15, 0.2) is 0 Å². The molecule has 28 heavy (non-hydrogen) atoms. The molecule has 3 heterocycles. The van der Waals surface area contributed by atoms with Crippen LogP contribution >= 0.6 is 15.9 Å². The van der Waals surface area contributed by atoms with E-state index in [1.54, 1.807) is 11.1 Å². The van der Waals surface area contributed by atoms with Gasteiger partial charge in [-0.1, -0.05) is 20.8 Å². The van der Waals surface area contributed by atoms with Gasteiger partial charge in [0.25, 0.3) is 10.1 Å². The summed E-state index contributed by atoms with van der Waals surface area (Å²) in [4.78, 5) is 20.0. The number of fused-ring (bicyclic) bond motifs is 1. The Balaban J connectivity index is 1.79. The Morgan fingerprint density at radius 3 is 2.64 bits per heavy atom. The molecule has 1 amide bonds. The van der Waals surface area contributed by atoms with E-state index in [-0.39, 0.29) is 30.0 Å². The zero-order valence-electron chi connectivity index (χ0n) is 16.4. The van der Waals surface area contributed by atoms with Crippen LogP contribution in [-0.4, -0.2) is 60.9 Å². The first-order valence-electron chi connectivity index (χ1n) is 9.12. The third kappa shape index (κ3) is 4.44. The Kier molecular flexibility index (Phi) is 5.68. The number of aromatic nitrogens is 1. The van der Waals surface area contributed by atoms with Gasteiger partial charge in [0.2, 0.25) is 0 Å². The van der Waals surface area contributed by atoms with E-state index in [4.69, 9.17) is 4.18 Å². The number of pyridine rings is 1. The molecule has 3 rings (SSSR count). The maximum absolute atomic E-state index is 11.9. The highest BCUT2D eigenvalue weighted by atomic mass is 79.9. The Morgan fingerprint density at radius 2 is 2.07 bits per heavy atom. The Labute approximate surface area is 174 Å². The largest absolute Gasteiger partial charge is 0.465 e. The summed E-state index contributed by atoms with van der Waals surface area (Å²) < 4.78 is 28.0. The summed E-state index contributed by atoms with van der Waals surface area (Å²) in [5.74, 6) is 0.264. The fraction of sp³-hybridized carbons (Fsp3) is 0.667. The number of hydrogen-bond acceptors (Lipinski definition) is 6. The molecule has 156 valence electrons. The number of rotatable bonds is 4. The lowest BCUT2D eigenvalue weighted by Crippen LogP contribution is -2.48. The van der Waals surface area contributed by atoms with Crippen LogP contribution in [0.5, 0.6) is 0 Å². The van der Waals surface area contributed by atoms with Crippen molar-refractivity contribution >= 4 is 37.8 Å². The zero-order valence-corrected chi connectivity index (χ0v) is 18.8. The van der Waals surface area contributed by atoms with Gasteiger partial charge in [-0.25, -0.2) is 9.78 Å². The molecular weight excluding hydrogens is 450 g/mol. The van der Waals surface area contributed by atoms with E-state index in [0.717, 1.165) is 24.9 Å². The Morgan fingerprint density at radius 1 is 1.39 bits per heavy atom. The Bertz CT molecular complexity index is 870. The summed E-state index contributed by atoms with van der Waals surface area (Å²) in [6, 6.07) is 1.79. The van der Waals surface area contributed by atoms with Gasteiger partial charge in [-0.05, 0) is 33.8 Å². The predicted octanol–water partition coefficient (Wildman–Crippen LogP) is 2.92. The Hall–Kier alpha value is -1.39. The quantitative estimate of drug-likeness (QED) is 0.527. The zero-order chi connectivity index (χ0) is 20.9. The number of halogens is 1. The van der Waals surface area contributed by atoms with Crippen molar-refractivity contribution in [2.75, 3.05) is 24.2 Å². The molecule has 2 fully saturated rings. The van der Waals surface area contributed by atoms with E-state index in [9.17, 15) is 18.3 Å². The second-order valence-corrected chi connectivity index (χ2v) is 11.0. The van der Waals surface area contributed by atoms with Crippen molar-refractivity contribution in [3.05, 3.63) is 22.4 Å². The predicted molar refractivity (Wildman–Crippen MR) is 109 cm³/mol. The minimum absolute atomic E-state index is 0.00362. The minimum atomic E-state index is -3.55. The first-order valence-corrected chi connectivity index (χ1v) is 11.7. The van der Waals surface area contributed by atoms with E-state index in [0.29, 0.717) is 16.7 Å². The molecule has 0 bridgehead atoms. The molecule has 1 N–H and O–H groups in total. The van der Waals surface area contributed by atoms with Crippen molar-refractivity contribution in [2.24, 2.45) is 11.3 Å². The topological polar surface area (TPSA) is 100 Å². The van der Waals surface area contributed by atoms with Crippen LogP contribution in [0.4, 0.5) is 10.5 Å². The molecule has 2 aliphatic heterocycles. The standard InChI is InChI=1S/C18H26BrN3O5S/c1-18(2,3)15-6-11-8-21(9-14(11)22(15)17(23)24)13-5-12(16(19)20-7-13)10-27-28(4,25)26/h5,7,11,14-15H,6,8-10H2,1-4H3,(H,23,24)/t11-,14+,15?/m1/s1. The maximum atomic E-state index is 11.9. The van der Waals surface area contributed by atoms with E-state index < -0.39 is 16.2 Å². The molecule has 2 aliphatic rings. The van der Waals surface area contributed by atoms with Crippen LogP contribution in [0.3, 0.4) is 0 Å². The molecule has 1 aromatic heterocycles. The van der Waals surface area contributed by atoms with Crippen LogP contribution in [-0.2, 0) is 20.9 Å². The second kappa shape index (κ2) is 7.46. The van der Waals surface area contributed by atoms with Gasteiger partial charge < -0.3 is 10.0 Å². The normalized spacial score (nSPS) is 25.2. The van der Waals surface area contributed by atoms with Crippen LogP contribution in [0.25, 0.3) is 0 Å². The molecule has 0 spiro atoms. The van der Waals surface area contributed by atoms with Crippen molar-refractivity contribution in [2.45, 2.75) is 45.9 Å². The van der Waals surface area contributed by atoms with Gasteiger partial charge in [0, 0.05) is 30.6 Å². The third-order valence-corrected chi connectivity index (χ3v) is 6.80. The van der Waals surface area contributed by atoms with Crippen molar-refractivity contribution in [3.63, 3.8) is 0 Å². The average molecular weight is 476 g/mol. The molecule has 1 aromatic rings. The molecule has 1 unspecified atom stereocenters. The van der Waals surface area contributed by atoms with E-state index in [1.807, 2.05) is 6.07 Å². The average Bonchev–Trinajstić information content (AvgIpc) is 3.10. The highest BCUT2D eigenvalue weighted by Crippen LogP contribution is 2.43. The molecule has 0 aromatic carbocycles. The van der Waals surface area contributed by atoms with Crippen molar-refractivity contribution < 1.29 is 22.5 Å². The van der Waals surface area contributed by atoms with Crippen molar-refractivity contribution in [3.8, 4) is 0 Å². The lowest BCUT2D eigenvalue weighted by Gasteiger charge is -2.36. The number of likely N-dealkylation sites (tertiary alicyclic amines) is 1. The van der Waals surface area contributed by atoms with Crippen LogP contribution in [0.1, 0.15) is 32.8 Å². The lowest BCUT2D eigenvalue weighted by molar-refractivity contribution is 0.0889. The summed E-state index contributed by atoms with van der Waals surface area (Å²) in [5.41, 5.74) is 1.35. The van der Waals surface area contributed by atoms with Gasteiger partial charge in [0.1, 0.15) is 4.60 Å². The summed E-state index contributed by atoms with van der Waals surface area (Å²) in [7, 11) is -3.55. The molecular formula is C18H26BrN3O5S. The highest BCUT2D eigenvalue weighted by Gasteiger charge is 2.52. The van der Waals surface area contributed by atoms with E-state index in [2.05, 4.69) is 46.6 Å². The number of amides is 1. The van der Waals surface area contributed by atoms with Gasteiger partial charge >= 0.3 is 6.09 Å². The molecule has 3 atom stereocenters. The number of nitrogens with zero attached hydrogens (tertiary/aromatic N) is 3. The highest BCUT2D eigenvalue weighted by molar-refractivity contribution is 9.10. The van der Waals surface area contributed by atoms with E-state index >= 15 is 0 Å². The lowest BCUT2D eigenvalue weighted by atomic mass is 9.84. The fourth-order valence-corrected chi connectivity index (χ4v) is 4.89. The number of hydrogen-bond donors (Lipinski definition) is 1. The van der Waals surface area contributed by atoms with Gasteiger partial charge in [-0.2, -0.15) is 8.42 Å². The third-order valence-electron chi connectivity index (χ3n) is 5.54. The number of carbonyl (C=O) groups is 1. The fourth-order valence-electron chi connectivity index (χ4n) is 4.21. The molecule has 8 nitrogen and oxygen atoms in total. The maximum Gasteiger partial charge on any atom is 0.407 e. The molecule has 0 saturated carbocycles. The first kappa shape index (κ1) is 21.3. The monoisotopic (exact) mass is 475 g/mol. The van der Waals surface area contributed by atoms with E-state index in [1.165, 1.54) is 0 Å². The van der Waals surface area contributed by atoms with Gasteiger partial charge in [-0.3, -0.25) is 9.08 Å². The van der Waals surface area contributed by atoms with Gasteiger partial charge in [0.05, 0.1) is 30.8 Å². The van der Waals surface area contributed by atoms with Crippen LogP contribution in [0, 0.1) is 11.3 Å². The summed E-state index contributed by atoms with van der Waals surface area (Å²) in [6.45, 7) is 7.49. The van der Waals surface area contributed by atoms with Crippen molar-refractivity contribution in [1.29, 1.82) is 0 Å². The molecule has 10 heteroatoms. The number of anilines is 1. The molecule has 2 saturated heterocycles. The van der Waals surface area contributed by atoms with Gasteiger partial charge in [-0.15, -0.1) is 0 Å². The summed E-state index contributed by atoms with van der Waals surface area (Å²) >= 11 is 3.32. The number of carboxylic acid groups (broad SMARTS) is 1. The van der Waals surface area contributed by atoms with Crippen LogP contribution in [0.2, 0.25) is 0 Å². The summed E-state index contributed by atoms with van der Waals surface area (Å²) in [5, 5.41) is 9.79. The molecule has 0 aliphatic carbocycles. The SMILES string of the molecule is CC(C)(C)C1C[C@@H]2CN(c3cnc(Br)c(COS(C)(=O)=O)c3)C[C@@H]2N1C(=O)O. The summed E-state index contributed by atoms with van der Waals surface area (Å²) in [6.07, 6.45) is 2.68. The van der Waals surface area contributed by atoms with Crippen LogP contribution in [0.15, 0.2) is 16.9 Å². The van der Waals surface area contributed by atoms with Crippen LogP contribution < -0.4 is 4.90 Å².